The summed E-state index contributed by atoms with van der Waals surface area (Å²) in [7, 11) is 0. The smallest absolute Gasteiger partial charge is 0.303 e. The van der Waals surface area contributed by atoms with Gasteiger partial charge in [-0.15, -0.1) is 0 Å². The van der Waals surface area contributed by atoms with Gasteiger partial charge in [0.1, 0.15) is 0 Å². The lowest BCUT2D eigenvalue weighted by Gasteiger charge is -2.07. The molecule has 0 saturated carbocycles. The summed E-state index contributed by atoms with van der Waals surface area (Å²) in [5, 5.41) is 16.6. The summed E-state index contributed by atoms with van der Waals surface area (Å²) in [6.07, 6.45) is 2.23. The van der Waals surface area contributed by atoms with Gasteiger partial charge < -0.3 is 10.4 Å². The molecule has 0 aliphatic carbocycles. The lowest BCUT2D eigenvalue weighted by Crippen LogP contribution is -2.25. The van der Waals surface area contributed by atoms with E-state index in [1.165, 1.54) is 0 Å². The van der Waals surface area contributed by atoms with Crippen molar-refractivity contribution in [2.75, 3.05) is 6.54 Å². The van der Waals surface area contributed by atoms with Gasteiger partial charge in [-0.2, -0.15) is 5.10 Å². The second kappa shape index (κ2) is 8.87. The Balaban J connectivity index is 1.95. The predicted molar refractivity (Wildman–Crippen MR) is 96.8 cm³/mol. The van der Waals surface area contributed by atoms with Crippen LogP contribution >= 0.6 is 23.2 Å². The average molecular weight is 384 g/mol. The minimum atomic E-state index is -0.800. The van der Waals surface area contributed by atoms with E-state index in [1.54, 1.807) is 28.9 Å². The number of carboxylic acid groups (broad SMARTS) is 1. The van der Waals surface area contributed by atoms with Gasteiger partial charge in [-0.05, 0) is 44.0 Å². The Hall–Kier alpha value is -2.05. The topological polar surface area (TPSA) is 84.2 Å². The molecule has 0 aliphatic heterocycles. The molecule has 0 aliphatic rings. The first kappa shape index (κ1) is 19.3. The van der Waals surface area contributed by atoms with Crippen LogP contribution in [0.1, 0.15) is 41.9 Å². The first-order valence-electron chi connectivity index (χ1n) is 7.90. The van der Waals surface area contributed by atoms with Crippen LogP contribution in [-0.4, -0.2) is 33.3 Å². The van der Waals surface area contributed by atoms with E-state index in [2.05, 4.69) is 10.4 Å². The Kier molecular flexibility index (Phi) is 6.84. The molecular weight excluding hydrogens is 365 g/mol. The third-order valence-corrected chi connectivity index (χ3v) is 4.15. The monoisotopic (exact) mass is 383 g/mol. The van der Waals surface area contributed by atoms with Crippen molar-refractivity contribution in [1.82, 2.24) is 15.1 Å². The normalized spacial score (nSPS) is 10.7. The van der Waals surface area contributed by atoms with E-state index in [0.717, 1.165) is 18.5 Å². The quantitative estimate of drug-likeness (QED) is 0.677. The molecule has 0 saturated heterocycles. The summed E-state index contributed by atoms with van der Waals surface area (Å²) >= 11 is 12.1. The van der Waals surface area contributed by atoms with Crippen LogP contribution in [0.2, 0.25) is 10.0 Å². The molecule has 0 fully saturated rings. The Morgan fingerprint density at radius 1 is 1.20 bits per heavy atom. The number of hydrogen-bond acceptors (Lipinski definition) is 3. The largest absolute Gasteiger partial charge is 0.481 e. The van der Waals surface area contributed by atoms with Gasteiger partial charge >= 0.3 is 5.97 Å². The van der Waals surface area contributed by atoms with Crippen molar-refractivity contribution < 1.29 is 14.7 Å². The van der Waals surface area contributed by atoms with E-state index in [0.29, 0.717) is 34.4 Å². The molecular formula is C17H19Cl2N3O3. The predicted octanol–water partition coefficient (Wildman–Crippen LogP) is 3.86. The summed E-state index contributed by atoms with van der Waals surface area (Å²) in [5.74, 6) is -1.07. The van der Waals surface area contributed by atoms with Crippen LogP contribution < -0.4 is 5.32 Å². The maximum atomic E-state index is 12.2. The molecule has 2 N–H and O–H groups in total. The highest BCUT2D eigenvalue weighted by Gasteiger charge is 2.14. The minimum absolute atomic E-state index is 0.152. The molecule has 1 aromatic heterocycles. The number of halogens is 2. The molecule has 1 aromatic carbocycles. The molecule has 0 radical (unpaired) electrons. The van der Waals surface area contributed by atoms with Crippen LogP contribution in [-0.2, 0) is 4.79 Å². The Morgan fingerprint density at radius 2 is 1.96 bits per heavy atom. The van der Waals surface area contributed by atoms with Crippen LogP contribution in [0.3, 0.4) is 0 Å². The van der Waals surface area contributed by atoms with E-state index in [-0.39, 0.29) is 12.3 Å². The van der Waals surface area contributed by atoms with Crippen molar-refractivity contribution in [2.24, 2.45) is 0 Å². The number of benzene rings is 1. The molecule has 1 amide bonds. The highest BCUT2D eigenvalue weighted by molar-refractivity contribution is 6.35. The van der Waals surface area contributed by atoms with Crippen molar-refractivity contribution in [1.29, 1.82) is 0 Å². The minimum Gasteiger partial charge on any atom is -0.481 e. The van der Waals surface area contributed by atoms with Gasteiger partial charge in [-0.1, -0.05) is 29.6 Å². The summed E-state index contributed by atoms with van der Waals surface area (Å²) in [6, 6.07) is 6.76. The van der Waals surface area contributed by atoms with Crippen molar-refractivity contribution in [2.45, 2.75) is 32.6 Å². The first-order valence-corrected chi connectivity index (χ1v) is 8.66. The average Bonchev–Trinajstić information content (AvgIpc) is 2.92. The zero-order chi connectivity index (χ0) is 18.4. The number of nitrogens with zero attached hydrogens (tertiary/aromatic N) is 2. The van der Waals surface area contributed by atoms with Gasteiger partial charge in [-0.3, -0.25) is 9.59 Å². The zero-order valence-electron chi connectivity index (χ0n) is 13.8. The molecule has 0 unspecified atom stereocenters. The molecule has 1 heterocycles. The molecule has 25 heavy (non-hydrogen) atoms. The summed E-state index contributed by atoms with van der Waals surface area (Å²) in [6.45, 7) is 2.31. The molecule has 8 heteroatoms. The van der Waals surface area contributed by atoms with Gasteiger partial charge in [0.05, 0.1) is 10.7 Å². The van der Waals surface area contributed by atoms with Crippen LogP contribution in [0.25, 0.3) is 5.69 Å². The molecule has 2 rings (SSSR count). The van der Waals surface area contributed by atoms with Crippen molar-refractivity contribution in [3.63, 3.8) is 0 Å². The number of amides is 1. The number of nitrogens with one attached hydrogen (secondary N) is 1. The maximum Gasteiger partial charge on any atom is 0.303 e. The lowest BCUT2D eigenvalue weighted by molar-refractivity contribution is -0.137. The van der Waals surface area contributed by atoms with Gasteiger partial charge in [0.15, 0.2) is 5.69 Å². The molecule has 0 spiro atoms. The Bertz CT molecular complexity index is 774. The Morgan fingerprint density at radius 3 is 2.64 bits per heavy atom. The third-order valence-electron chi connectivity index (χ3n) is 3.61. The van der Waals surface area contributed by atoms with Crippen LogP contribution in [0.15, 0.2) is 24.3 Å². The number of aromatic nitrogens is 2. The van der Waals surface area contributed by atoms with Crippen LogP contribution in [0.4, 0.5) is 0 Å². The van der Waals surface area contributed by atoms with E-state index in [1.807, 2.05) is 6.92 Å². The zero-order valence-corrected chi connectivity index (χ0v) is 15.3. The second-order valence-electron chi connectivity index (χ2n) is 5.64. The van der Waals surface area contributed by atoms with Gasteiger partial charge in [0.25, 0.3) is 5.91 Å². The van der Waals surface area contributed by atoms with Gasteiger partial charge in [-0.25, -0.2) is 4.68 Å². The fraction of sp³-hybridized carbons (Fsp3) is 0.353. The molecule has 6 nitrogen and oxygen atoms in total. The van der Waals surface area contributed by atoms with E-state index >= 15 is 0 Å². The fourth-order valence-corrected chi connectivity index (χ4v) is 2.84. The van der Waals surface area contributed by atoms with Crippen molar-refractivity contribution in [3.8, 4) is 5.69 Å². The molecule has 134 valence electrons. The highest BCUT2D eigenvalue weighted by atomic mass is 35.5. The van der Waals surface area contributed by atoms with Gasteiger partial charge in [0.2, 0.25) is 0 Å². The molecule has 2 aromatic rings. The number of hydrogen-bond donors (Lipinski definition) is 2. The molecule has 0 bridgehead atoms. The van der Waals surface area contributed by atoms with E-state index in [9.17, 15) is 9.59 Å². The van der Waals surface area contributed by atoms with E-state index < -0.39 is 5.97 Å². The lowest BCUT2D eigenvalue weighted by atomic mass is 10.2. The number of carbonyl (C=O) groups excluding carboxylic acids is 1. The number of aliphatic carboxylic acids is 1. The van der Waals surface area contributed by atoms with Crippen molar-refractivity contribution >= 4 is 35.1 Å². The second-order valence-corrected chi connectivity index (χ2v) is 6.48. The first-order chi connectivity index (χ1) is 11.9. The highest BCUT2D eigenvalue weighted by Crippen LogP contribution is 2.25. The SMILES string of the molecule is Cc1cc(C(=O)NCCCCCC(=O)O)nn1-c1ccc(Cl)cc1Cl. The standard InChI is InChI=1S/C17H19Cl2N3O3/c1-11-9-14(17(25)20-8-4-2-3-5-16(23)24)21-22(11)15-7-6-12(18)10-13(15)19/h6-7,9-10H,2-5,8H2,1H3,(H,20,25)(H,23,24). The summed E-state index contributed by atoms with van der Waals surface area (Å²) < 4.78 is 1.60. The number of rotatable bonds is 8. The number of unbranched alkanes of at least 4 members (excludes halogenated alkanes) is 2. The summed E-state index contributed by atoms with van der Waals surface area (Å²) in [5.41, 5.74) is 1.72. The Labute approximate surface area is 155 Å². The molecule has 0 atom stereocenters. The number of aryl methyl sites for hydroxylation is 1. The van der Waals surface area contributed by atoms with Crippen LogP contribution in [0.5, 0.6) is 0 Å². The third kappa shape index (κ3) is 5.47. The fourth-order valence-electron chi connectivity index (χ4n) is 2.35. The van der Waals surface area contributed by atoms with Crippen LogP contribution in [0, 0.1) is 6.92 Å². The number of carboxylic acids is 1. The van der Waals surface area contributed by atoms with Crippen molar-refractivity contribution in [3.05, 3.63) is 45.7 Å². The number of carbonyl (C=O) groups is 2. The van der Waals surface area contributed by atoms with E-state index in [4.69, 9.17) is 28.3 Å². The maximum absolute atomic E-state index is 12.2. The van der Waals surface area contributed by atoms with Gasteiger partial charge in [0, 0.05) is 23.7 Å². The summed E-state index contributed by atoms with van der Waals surface area (Å²) in [4.78, 5) is 22.6.